The van der Waals surface area contributed by atoms with Crippen LogP contribution in [0.3, 0.4) is 0 Å². The van der Waals surface area contributed by atoms with Gasteiger partial charge in [0.05, 0.1) is 29.3 Å². The number of carbonyl (C=O) groups excluding carboxylic acids is 2. The molecule has 158 valence electrons. The number of ether oxygens (including phenoxy) is 1. The molecular formula is C21H29ClN4O3. The Morgan fingerprint density at radius 1 is 1.17 bits per heavy atom. The zero-order valence-electron chi connectivity index (χ0n) is 17.0. The number of benzene rings is 1. The molecule has 0 bridgehead atoms. The molecular weight excluding hydrogens is 392 g/mol. The number of aryl methyl sites for hydroxylation is 1. The average molecular weight is 421 g/mol. The van der Waals surface area contributed by atoms with E-state index in [-0.39, 0.29) is 11.9 Å². The quantitative estimate of drug-likeness (QED) is 0.812. The van der Waals surface area contributed by atoms with Crippen molar-refractivity contribution in [2.45, 2.75) is 19.8 Å². The summed E-state index contributed by atoms with van der Waals surface area (Å²) < 4.78 is 5.39. The van der Waals surface area contributed by atoms with Crippen LogP contribution in [0, 0.1) is 12.3 Å². The third-order valence-corrected chi connectivity index (χ3v) is 6.80. The van der Waals surface area contributed by atoms with Gasteiger partial charge >= 0.3 is 6.03 Å². The van der Waals surface area contributed by atoms with Gasteiger partial charge in [-0.1, -0.05) is 23.7 Å². The van der Waals surface area contributed by atoms with Crippen LogP contribution in [0.15, 0.2) is 18.2 Å². The molecule has 1 N–H and O–H groups in total. The highest BCUT2D eigenvalue weighted by Crippen LogP contribution is 2.41. The summed E-state index contributed by atoms with van der Waals surface area (Å²) in [6.07, 6.45) is 1.55. The topological polar surface area (TPSA) is 65.1 Å². The van der Waals surface area contributed by atoms with Gasteiger partial charge in [-0.3, -0.25) is 9.69 Å². The normalized spacial score (nSPS) is 25.2. The van der Waals surface area contributed by atoms with E-state index < -0.39 is 5.41 Å². The van der Waals surface area contributed by atoms with Crippen molar-refractivity contribution in [3.05, 3.63) is 28.8 Å². The van der Waals surface area contributed by atoms with Crippen LogP contribution in [0.4, 0.5) is 10.5 Å². The number of urea groups is 1. The van der Waals surface area contributed by atoms with E-state index in [1.54, 1.807) is 11.0 Å². The molecule has 1 aromatic carbocycles. The number of likely N-dealkylation sites (tertiary alicyclic amines) is 2. The number of carbonyl (C=O) groups is 2. The van der Waals surface area contributed by atoms with E-state index in [0.29, 0.717) is 23.8 Å². The number of morpholine rings is 1. The summed E-state index contributed by atoms with van der Waals surface area (Å²) in [6.45, 7) is 8.83. The molecule has 1 spiro atoms. The molecule has 3 saturated heterocycles. The minimum atomic E-state index is -0.419. The second-order valence-corrected chi connectivity index (χ2v) is 8.72. The number of hydrogen-bond donors (Lipinski definition) is 1. The first-order valence-electron chi connectivity index (χ1n) is 10.4. The lowest BCUT2D eigenvalue weighted by atomic mass is 9.85. The van der Waals surface area contributed by atoms with Crippen LogP contribution >= 0.6 is 11.6 Å². The molecule has 3 aliphatic heterocycles. The van der Waals surface area contributed by atoms with E-state index in [0.717, 1.165) is 64.3 Å². The molecule has 0 saturated carbocycles. The minimum absolute atomic E-state index is 0.183. The third-order valence-electron chi connectivity index (χ3n) is 6.49. The second kappa shape index (κ2) is 8.50. The Labute approximate surface area is 176 Å². The summed E-state index contributed by atoms with van der Waals surface area (Å²) in [6, 6.07) is 5.36. The molecule has 3 heterocycles. The summed E-state index contributed by atoms with van der Waals surface area (Å²) in [7, 11) is 0. The van der Waals surface area contributed by atoms with Crippen LogP contribution < -0.4 is 5.32 Å². The molecule has 1 aromatic rings. The van der Waals surface area contributed by atoms with Gasteiger partial charge in [0.25, 0.3) is 0 Å². The SMILES string of the molecule is Cc1cccc(Cl)c1NC(=O)N1CCC2(CCN(CCN3CCOCC3)C2=O)C1. The number of halogens is 1. The number of anilines is 1. The van der Waals surface area contributed by atoms with E-state index in [1.165, 1.54) is 0 Å². The first-order chi connectivity index (χ1) is 14.0. The van der Waals surface area contributed by atoms with E-state index in [4.69, 9.17) is 16.3 Å². The van der Waals surface area contributed by atoms with Crippen molar-refractivity contribution in [3.8, 4) is 0 Å². The van der Waals surface area contributed by atoms with Crippen molar-refractivity contribution in [1.82, 2.24) is 14.7 Å². The largest absolute Gasteiger partial charge is 0.379 e. The predicted octanol–water partition coefficient (Wildman–Crippen LogP) is 2.44. The summed E-state index contributed by atoms with van der Waals surface area (Å²) in [5.41, 5.74) is 1.15. The number of amides is 3. The first-order valence-corrected chi connectivity index (χ1v) is 10.8. The lowest BCUT2D eigenvalue weighted by Gasteiger charge is -2.29. The van der Waals surface area contributed by atoms with Gasteiger partial charge in [-0.05, 0) is 31.4 Å². The molecule has 1 unspecified atom stereocenters. The number of para-hydroxylation sites is 1. The Hall–Kier alpha value is -1.83. The van der Waals surface area contributed by atoms with Gasteiger partial charge in [-0.2, -0.15) is 0 Å². The Balaban J connectivity index is 1.33. The Bertz CT molecular complexity index is 763. The molecule has 29 heavy (non-hydrogen) atoms. The van der Waals surface area contributed by atoms with E-state index in [2.05, 4.69) is 10.2 Å². The Morgan fingerprint density at radius 2 is 1.93 bits per heavy atom. The summed E-state index contributed by atoms with van der Waals surface area (Å²) in [5, 5.41) is 3.46. The molecule has 3 amide bonds. The van der Waals surface area contributed by atoms with Gasteiger partial charge in [-0.25, -0.2) is 4.79 Å². The number of hydrogen-bond acceptors (Lipinski definition) is 4. The molecule has 4 rings (SSSR count). The summed E-state index contributed by atoms with van der Waals surface area (Å²) in [4.78, 5) is 32.0. The maximum Gasteiger partial charge on any atom is 0.321 e. The fourth-order valence-corrected chi connectivity index (χ4v) is 4.86. The highest BCUT2D eigenvalue weighted by Gasteiger charge is 2.51. The Kier molecular flexibility index (Phi) is 5.99. The molecule has 0 aromatic heterocycles. The molecule has 0 radical (unpaired) electrons. The van der Waals surface area contributed by atoms with E-state index in [9.17, 15) is 9.59 Å². The number of nitrogens with zero attached hydrogens (tertiary/aromatic N) is 3. The van der Waals surface area contributed by atoms with E-state index in [1.807, 2.05) is 24.0 Å². The lowest BCUT2D eigenvalue weighted by Crippen LogP contribution is -2.44. The number of rotatable bonds is 4. The van der Waals surface area contributed by atoms with Gasteiger partial charge in [0.1, 0.15) is 0 Å². The summed E-state index contributed by atoms with van der Waals surface area (Å²) >= 11 is 6.24. The molecule has 7 nitrogen and oxygen atoms in total. The maximum absolute atomic E-state index is 13.1. The van der Waals surface area contributed by atoms with Crippen LogP contribution in [0.25, 0.3) is 0 Å². The monoisotopic (exact) mass is 420 g/mol. The highest BCUT2D eigenvalue weighted by molar-refractivity contribution is 6.33. The maximum atomic E-state index is 13.1. The van der Waals surface area contributed by atoms with Crippen LogP contribution in [-0.4, -0.2) is 85.7 Å². The van der Waals surface area contributed by atoms with Crippen molar-refractivity contribution in [2.24, 2.45) is 5.41 Å². The van der Waals surface area contributed by atoms with Crippen molar-refractivity contribution >= 4 is 29.2 Å². The van der Waals surface area contributed by atoms with Crippen molar-refractivity contribution in [1.29, 1.82) is 0 Å². The van der Waals surface area contributed by atoms with Gasteiger partial charge in [0, 0.05) is 45.8 Å². The average Bonchev–Trinajstić information content (AvgIpc) is 3.29. The minimum Gasteiger partial charge on any atom is -0.379 e. The second-order valence-electron chi connectivity index (χ2n) is 8.31. The van der Waals surface area contributed by atoms with Gasteiger partial charge < -0.3 is 19.9 Å². The van der Waals surface area contributed by atoms with Crippen LogP contribution in [0.2, 0.25) is 5.02 Å². The van der Waals surface area contributed by atoms with Gasteiger partial charge in [-0.15, -0.1) is 0 Å². The van der Waals surface area contributed by atoms with Gasteiger partial charge in [0.2, 0.25) is 5.91 Å². The fraction of sp³-hybridized carbons (Fsp3) is 0.619. The molecule has 8 heteroatoms. The lowest BCUT2D eigenvalue weighted by molar-refractivity contribution is -0.135. The molecule has 3 fully saturated rings. The van der Waals surface area contributed by atoms with Crippen molar-refractivity contribution in [3.63, 3.8) is 0 Å². The molecule has 3 aliphatic rings. The van der Waals surface area contributed by atoms with Crippen molar-refractivity contribution in [2.75, 3.05) is 64.3 Å². The van der Waals surface area contributed by atoms with Gasteiger partial charge in [0.15, 0.2) is 0 Å². The van der Waals surface area contributed by atoms with Crippen molar-refractivity contribution < 1.29 is 14.3 Å². The zero-order valence-corrected chi connectivity index (χ0v) is 17.7. The molecule has 1 atom stereocenters. The first kappa shape index (κ1) is 20.4. The van der Waals surface area contributed by atoms with Crippen LogP contribution in [0.1, 0.15) is 18.4 Å². The standard InChI is InChI=1S/C21H29ClN4O3/c1-16-3-2-4-17(22)18(16)23-20(28)26-8-6-21(15-26)5-7-25(19(21)27)10-9-24-11-13-29-14-12-24/h2-4H,5-15H2,1H3,(H,23,28). The smallest absolute Gasteiger partial charge is 0.321 e. The predicted molar refractivity (Wildman–Crippen MR) is 112 cm³/mol. The fourth-order valence-electron chi connectivity index (χ4n) is 4.59. The molecule has 0 aliphatic carbocycles. The van der Waals surface area contributed by atoms with Crippen LogP contribution in [-0.2, 0) is 9.53 Å². The van der Waals surface area contributed by atoms with E-state index >= 15 is 0 Å². The number of nitrogens with one attached hydrogen (secondary N) is 1. The van der Waals surface area contributed by atoms with Crippen LogP contribution in [0.5, 0.6) is 0 Å². The Morgan fingerprint density at radius 3 is 2.69 bits per heavy atom. The highest BCUT2D eigenvalue weighted by atomic mass is 35.5. The zero-order chi connectivity index (χ0) is 20.4. The third kappa shape index (κ3) is 4.22. The summed E-state index contributed by atoms with van der Waals surface area (Å²) in [5.74, 6) is 0.204.